The lowest BCUT2D eigenvalue weighted by molar-refractivity contribution is -0.389. The second-order valence-corrected chi connectivity index (χ2v) is 4.01. The van der Waals surface area contributed by atoms with E-state index in [-0.39, 0.29) is 11.6 Å². The van der Waals surface area contributed by atoms with Gasteiger partial charge in [0.15, 0.2) is 5.03 Å². The number of nitro groups is 1. The molecule has 6 nitrogen and oxygen atoms in total. The van der Waals surface area contributed by atoms with Crippen LogP contribution in [0.4, 0.5) is 11.6 Å². The van der Waals surface area contributed by atoms with Gasteiger partial charge in [0.25, 0.3) is 0 Å². The average molecular weight is 228 g/mol. The molecule has 0 unspecified atom stereocenters. The van der Waals surface area contributed by atoms with Crippen LogP contribution in [0.3, 0.4) is 0 Å². The fraction of sp³-hybridized carbons (Fsp3) is 0.500. The van der Waals surface area contributed by atoms with Crippen molar-refractivity contribution in [2.45, 2.75) is 25.3 Å². The lowest BCUT2D eigenvalue weighted by Crippen LogP contribution is -2.04. The standard InChI is InChI=1S/C8H12N4O2S/c1-3-4-15-7-6(12(13)14)5(2)10-8(9)11-7/h3-4H2,1-2H3,(H2,9,10,11). The van der Waals surface area contributed by atoms with Crippen LogP contribution in [-0.2, 0) is 0 Å². The molecule has 0 fully saturated rings. The molecule has 1 aromatic rings. The van der Waals surface area contributed by atoms with Gasteiger partial charge in [0, 0.05) is 0 Å². The molecule has 15 heavy (non-hydrogen) atoms. The first-order valence-corrected chi connectivity index (χ1v) is 5.46. The third-order valence-corrected chi connectivity index (χ3v) is 2.84. The van der Waals surface area contributed by atoms with Gasteiger partial charge in [-0.15, -0.1) is 0 Å². The zero-order chi connectivity index (χ0) is 11.4. The van der Waals surface area contributed by atoms with Gasteiger partial charge in [-0.25, -0.2) is 4.98 Å². The molecular formula is C8H12N4O2S. The van der Waals surface area contributed by atoms with Crippen LogP contribution in [0.5, 0.6) is 0 Å². The Morgan fingerprint density at radius 3 is 2.73 bits per heavy atom. The normalized spacial score (nSPS) is 10.3. The highest BCUT2D eigenvalue weighted by Crippen LogP contribution is 2.30. The number of hydrogen-bond acceptors (Lipinski definition) is 6. The molecule has 0 saturated heterocycles. The lowest BCUT2D eigenvalue weighted by atomic mass is 10.4. The second-order valence-electron chi connectivity index (χ2n) is 2.93. The molecule has 0 amide bonds. The van der Waals surface area contributed by atoms with Crippen molar-refractivity contribution in [3.8, 4) is 0 Å². The van der Waals surface area contributed by atoms with Gasteiger partial charge in [-0.3, -0.25) is 10.1 Å². The maximum Gasteiger partial charge on any atom is 0.322 e. The van der Waals surface area contributed by atoms with E-state index in [4.69, 9.17) is 5.73 Å². The highest BCUT2D eigenvalue weighted by molar-refractivity contribution is 7.99. The summed E-state index contributed by atoms with van der Waals surface area (Å²) in [5, 5.41) is 11.1. The summed E-state index contributed by atoms with van der Waals surface area (Å²) in [5.74, 6) is 0.855. The Balaban J connectivity index is 3.14. The third kappa shape index (κ3) is 2.79. The van der Waals surface area contributed by atoms with Gasteiger partial charge >= 0.3 is 5.69 Å². The van der Waals surface area contributed by atoms with Crippen molar-refractivity contribution in [3.63, 3.8) is 0 Å². The Morgan fingerprint density at radius 2 is 2.20 bits per heavy atom. The van der Waals surface area contributed by atoms with E-state index in [1.807, 2.05) is 6.92 Å². The van der Waals surface area contributed by atoms with E-state index in [0.29, 0.717) is 10.7 Å². The number of aromatic nitrogens is 2. The second kappa shape index (κ2) is 4.92. The van der Waals surface area contributed by atoms with Crippen molar-refractivity contribution in [3.05, 3.63) is 15.8 Å². The zero-order valence-electron chi connectivity index (χ0n) is 8.56. The Kier molecular flexibility index (Phi) is 3.84. The van der Waals surface area contributed by atoms with Crippen molar-refractivity contribution in [1.29, 1.82) is 0 Å². The van der Waals surface area contributed by atoms with E-state index in [9.17, 15) is 10.1 Å². The number of thioether (sulfide) groups is 1. The molecule has 0 saturated carbocycles. The minimum absolute atomic E-state index is 0.0392. The maximum atomic E-state index is 10.8. The maximum absolute atomic E-state index is 10.8. The molecule has 1 heterocycles. The van der Waals surface area contributed by atoms with Crippen LogP contribution in [0.1, 0.15) is 19.0 Å². The smallest absolute Gasteiger partial charge is 0.322 e. The van der Waals surface area contributed by atoms with E-state index in [0.717, 1.165) is 12.2 Å². The van der Waals surface area contributed by atoms with Gasteiger partial charge in [0.2, 0.25) is 5.95 Å². The first-order chi connectivity index (χ1) is 7.06. The van der Waals surface area contributed by atoms with Gasteiger partial charge in [0.1, 0.15) is 5.69 Å². The highest BCUT2D eigenvalue weighted by Gasteiger charge is 2.21. The van der Waals surface area contributed by atoms with Crippen molar-refractivity contribution in [2.24, 2.45) is 0 Å². The molecule has 0 atom stereocenters. The number of hydrogen-bond donors (Lipinski definition) is 1. The number of aryl methyl sites for hydroxylation is 1. The van der Waals surface area contributed by atoms with Crippen molar-refractivity contribution in [1.82, 2.24) is 9.97 Å². The predicted molar refractivity (Wildman–Crippen MR) is 58.9 cm³/mol. The molecule has 82 valence electrons. The SMILES string of the molecule is CCCSc1nc(N)nc(C)c1[N+](=O)[O-]. The topological polar surface area (TPSA) is 94.9 Å². The van der Waals surface area contributed by atoms with E-state index >= 15 is 0 Å². The summed E-state index contributed by atoms with van der Waals surface area (Å²) < 4.78 is 0. The third-order valence-electron chi connectivity index (χ3n) is 1.67. The molecule has 0 aliphatic carbocycles. The van der Waals surface area contributed by atoms with Crippen LogP contribution in [-0.4, -0.2) is 20.6 Å². The van der Waals surface area contributed by atoms with Gasteiger partial charge in [0.05, 0.1) is 4.92 Å². The number of nitrogens with two attached hydrogens (primary N) is 1. The molecule has 1 aromatic heterocycles. The number of nitrogens with zero attached hydrogens (tertiary/aromatic N) is 3. The minimum atomic E-state index is -0.466. The van der Waals surface area contributed by atoms with Crippen molar-refractivity contribution >= 4 is 23.4 Å². The summed E-state index contributed by atoms with van der Waals surface area (Å²) in [5.41, 5.74) is 5.71. The average Bonchev–Trinajstić information content (AvgIpc) is 2.12. The fourth-order valence-corrected chi connectivity index (χ4v) is 1.99. The van der Waals surface area contributed by atoms with Crippen LogP contribution in [0.15, 0.2) is 5.03 Å². The van der Waals surface area contributed by atoms with E-state index in [1.54, 1.807) is 6.92 Å². The Labute approximate surface area is 91.4 Å². The molecule has 0 aliphatic rings. The molecular weight excluding hydrogens is 216 g/mol. The first kappa shape index (κ1) is 11.7. The van der Waals surface area contributed by atoms with E-state index < -0.39 is 4.92 Å². The summed E-state index contributed by atoms with van der Waals surface area (Å²) >= 11 is 1.33. The molecule has 0 aromatic carbocycles. The number of nitrogen functional groups attached to an aromatic ring is 1. The first-order valence-electron chi connectivity index (χ1n) is 4.47. The van der Waals surface area contributed by atoms with Gasteiger partial charge in [-0.2, -0.15) is 4.98 Å². The zero-order valence-corrected chi connectivity index (χ0v) is 9.37. The molecule has 0 radical (unpaired) electrons. The van der Waals surface area contributed by atoms with Gasteiger partial charge < -0.3 is 5.73 Å². The van der Waals surface area contributed by atoms with Crippen LogP contribution in [0, 0.1) is 17.0 Å². The Morgan fingerprint density at radius 1 is 1.53 bits per heavy atom. The quantitative estimate of drug-likeness (QED) is 0.365. The summed E-state index contributed by atoms with van der Waals surface area (Å²) in [7, 11) is 0. The van der Waals surface area contributed by atoms with Gasteiger partial charge in [-0.1, -0.05) is 18.7 Å². The van der Waals surface area contributed by atoms with Crippen molar-refractivity contribution in [2.75, 3.05) is 11.5 Å². The molecule has 2 N–H and O–H groups in total. The van der Waals surface area contributed by atoms with Crippen molar-refractivity contribution < 1.29 is 4.92 Å². The van der Waals surface area contributed by atoms with Crippen LogP contribution in [0.2, 0.25) is 0 Å². The molecule has 0 bridgehead atoms. The summed E-state index contributed by atoms with van der Waals surface area (Å²) in [6, 6.07) is 0. The molecule has 1 rings (SSSR count). The summed E-state index contributed by atoms with van der Waals surface area (Å²) in [6.45, 7) is 3.56. The van der Waals surface area contributed by atoms with Gasteiger partial charge in [-0.05, 0) is 19.1 Å². The van der Waals surface area contributed by atoms with Crippen LogP contribution < -0.4 is 5.73 Å². The predicted octanol–water partition coefficient (Wildman–Crippen LogP) is 1.78. The monoisotopic (exact) mass is 228 g/mol. The lowest BCUT2D eigenvalue weighted by Gasteiger charge is -2.03. The van der Waals surface area contributed by atoms with Crippen LogP contribution >= 0.6 is 11.8 Å². The molecule has 0 spiro atoms. The largest absolute Gasteiger partial charge is 0.368 e. The minimum Gasteiger partial charge on any atom is -0.368 e. The number of anilines is 1. The van der Waals surface area contributed by atoms with E-state index in [1.165, 1.54) is 11.8 Å². The Hall–Kier alpha value is -1.37. The summed E-state index contributed by atoms with van der Waals surface area (Å²) in [6.07, 6.45) is 0.921. The molecule has 7 heteroatoms. The Bertz CT molecular complexity index is 383. The van der Waals surface area contributed by atoms with E-state index in [2.05, 4.69) is 9.97 Å². The highest BCUT2D eigenvalue weighted by atomic mass is 32.2. The number of rotatable bonds is 4. The summed E-state index contributed by atoms with van der Waals surface area (Å²) in [4.78, 5) is 18.0. The van der Waals surface area contributed by atoms with Crippen LogP contribution in [0.25, 0.3) is 0 Å². The fourth-order valence-electron chi connectivity index (χ4n) is 1.07. The molecule has 0 aliphatic heterocycles.